The van der Waals surface area contributed by atoms with E-state index in [1.165, 1.54) is 12.1 Å². The maximum absolute atomic E-state index is 12.1. The van der Waals surface area contributed by atoms with E-state index in [4.69, 9.17) is 21.4 Å². The summed E-state index contributed by atoms with van der Waals surface area (Å²) >= 11 is 5.99. The van der Waals surface area contributed by atoms with Crippen molar-refractivity contribution < 1.29 is 19.4 Å². The number of halogens is 1. The van der Waals surface area contributed by atoms with Gasteiger partial charge in [0.05, 0.1) is 28.4 Å². The maximum atomic E-state index is 12.1. The van der Waals surface area contributed by atoms with Crippen molar-refractivity contribution >= 4 is 29.2 Å². The van der Waals surface area contributed by atoms with Crippen LogP contribution in [0.2, 0.25) is 5.02 Å². The molecule has 0 saturated carbocycles. The van der Waals surface area contributed by atoms with E-state index in [0.717, 1.165) is 5.56 Å². The number of nitrogens with zero attached hydrogens (tertiary/aromatic N) is 2. The molecule has 3 aromatic carbocycles. The Morgan fingerprint density at radius 2 is 1.61 bits per heavy atom. The van der Waals surface area contributed by atoms with Gasteiger partial charge in [0.15, 0.2) is 0 Å². The Morgan fingerprint density at radius 1 is 0.929 bits per heavy atom. The van der Waals surface area contributed by atoms with Gasteiger partial charge in [0, 0.05) is 0 Å². The van der Waals surface area contributed by atoms with E-state index in [9.17, 15) is 9.59 Å². The summed E-state index contributed by atoms with van der Waals surface area (Å²) < 4.78 is 5.32. The second kappa shape index (κ2) is 8.92. The van der Waals surface area contributed by atoms with Gasteiger partial charge in [-0.15, -0.1) is 0 Å². The third-order valence-electron chi connectivity index (χ3n) is 3.78. The number of azo groups is 1. The van der Waals surface area contributed by atoms with Crippen LogP contribution in [0.4, 0.5) is 5.69 Å². The number of carboxylic acid groups (broad SMARTS) is 1. The zero-order chi connectivity index (χ0) is 19.9. The Morgan fingerprint density at radius 3 is 2.25 bits per heavy atom. The third-order valence-corrected chi connectivity index (χ3v) is 4.11. The maximum Gasteiger partial charge on any atom is 0.345 e. The Kier molecular flexibility index (Phi) is 6.14. The van der Waals surface area contributed by atoms with Crippen LogP contribution in [0.25, 0.3) is 0 Å². The molecule has 0 saturated heterocycles. The molecule has 0 unspecified atom stereocenters. The van der Waals surface area contributed by atoms with Crippen LogP contribution in [0.5, 0.6) is 5.75 Å². The highest BCUT2D eigenvalue weighted by molar-refractivity contribution is 6.33. The fourth-order valence-electron chi connectivity index (χ4n) is 2.32. The van der Waals surface area contributed by atoms with Gasteiger partial charge in [0.1, 0.15) is 5.75 Å². The van der Waals surface area contributed by atoms with Crippen molar-refractivity contribution in [1.29, 1.82) is 0 Å². The van der Waals surface area contributed by atoms with Crippen molar-refractivity contribution in [2.45, 2.75) is 6.54 Å². The lowest BCUT2D eigenvalue weighted by Gasteiger charge is -2.06. The second-order valence-electron chi connectivity index (χ2n) is 5.76. The molecule has 6 nitrogen and oxygen atoms in total. The van der Waals surface area contributed by atoms with Crippen LogP contribution < -0.4 is 4.74 Å². The zero-order valence-corrected chi connectivity index (χ0v) is 15.3. The molecule has 0 aliphatic heterocycles. The molecule has 3 rings (SSSR count). The molecule has 0 aliphatic carbocycles. The van der Waals surface area contributed by atoms with E-state index in [1.807, 2.05) is 0 Å². The molecule has 28 heavy (non-hydrogen) atoms. The first-order valence-corrected chi connectivity index (χ1v) is 8.67. The van der Waals surface area contributed by atoms with Crippen molar-refractivity contribution in [2.75, 3.05) is 0 Å². The minimum Gasteiger partial charge on any atom is -0.478 e. The SMILES string of the molecule is O=C(O)c1ccc(N=NCc2ccc(OC(=O)c3ccccc3Cl)cc2)cc1. The van der Waals surface area contributed by atoms with E-state index < -0.39 is 11.9 Å². The van der Waals surface area contributed by atoms with E-state index in [-0.39, 0.29) is 5.56 Å². The van der Waals surface area contributed by atoms with Gasteiger partial charge in [0.25, 0.3) is 0 Å². The summed E-state index contributed by atoms with van der Waals surface area (Å²) in [5.74, 6) is -1.11. The second-order valence-corrected chi connectivity index (χ2v) is 6.17. The highest BCUT2D eigenvalue weighted by Crippen LogP contribution is 2.20. The number of ether oxygens (including phenoxy) is 1. The Hall–Kier alpha value is -3.51. The summed E-state index contributed by atoms with van der Waals surface area (Å²) in [5, 5.41) is 17.3. The highest BCUT2D eigenvalue weighted by Gasteiger charge is 2.12. The van der Waals surface area contributed by atoms with Gasteiger partial charge < -0.3 is 9.84 Å². The fourth-order valence-corrected chi connectivity index (χ4v) is 2.53. The minimum atomic E-state index is -0.987. The topological polar surface area (TPSA) is 88.3 Å². The predicted molar refractivity (Wildman–Crippen MR) is 104 cm³/mol. The number of esters is 1. The molecule has 0 atom stereocenters. The third kappa shape index (κ3) is 5.02. The van der Waals surface area contributed by atoms with Crippen molar-refractivity contribution in [1.82, 2.24) is 0 Å². The monoisotopic (exact) mass is 394 g/mol. The van der Waals surface area contributed by atoms with Crippen LogP contribution in [0.15, 0.2) is 83.0 Å². The molecule has 0 aliphatic rings. The number of hydrogen-bond donors (Lipinski definition) is 1. The highest BCUT2D eigenvalue weighted by atomic mass is 35.5. The molecule has 0 aromatic heterocycles. The molecule has 140 valence electrons. The van der Waals surface area contributed by atoms with Gasteiger partial charge in [-0.05, 0) is 54.1 Å². The van der Waals surface area contributed by atoms with Gasteiger partial charge in [-0.3, -0.25) is 0 Å². The number of aromatic carboxylic acids is 1. The van der Waals surface area contributed by atoms with Crippen LogP contribution in [0.1, 0.15) is 26.3 Å². The Balaban J connectivity index is 1.57. The van der Waals surface area contributed by atoms with Crippen LogP contribution in [0.3, 0.4) is 0 Å². The zero-order valence-electron chi connectivity index (χ0n) is 14.6. The minimum absolute atomic E-state index is 0.195. The molecule has 0 bridgehead atoms. The first-order valence-electron chi connectivity index (χ1n) is 8.29. The smallest absolute Gasteiger partial charge is 0.345 e. The molecule has 0 heterocycles. The van der Waals surface area contributed by atoms with Gasteiger partial charge in [-0.2, -0.15) is 10.2 Å². The molecule has 3 aromatic rings. The lowest BCUT2D eigenvalue weighted by Crippen LogP contribution is -2.08. The van der Waals surface area contributed by atoms with E-state index in [1.54, 1.807) is 60.7 Å². The normalized spacial score (nSPS) is 10.8. The number of rotatable bonds is 6. The molecule has 0 amide bonds. The summed E-state index contributed by atoms with van der Waals surface area (Å²) in [6, 6.07) is 19.7. The summed E-state index contributed by atoms with van der Waals surface area (Å²) in [4.78, 5) is 22.9. The van der Waals surface area contributed by atoms with Crippen LogP contribution >= 0.6 is 11.6 Å². The average Bonchev–Trinajstić information content (AvgIpc) is 2.70. The first-order chi connectivity index (χ1) is 13.5. The average molecular weight is 395 g/mol. The Labute approximate surface area is 166 Å². The Bertz CT molecular complexity index is 1020. The summed E-state index contributed by atoms with van der Waals surface area (Å²) in [5.41, 5.74) is 1.94. The lowest BCUT2D eigenvalue weighted by molar-refractivity contribution is 0.0694. The van der Waals surface area contributed by atoms with Gasteiger partial charge in [-0.1, -0.05) is 35.9 Å². The van der Waals surface area contributed by atoms with E-state index in [2.05, 4.69) is 10.2 Å². The van der Waals surface area contributed by atoms with Crippen molar-refractivity contribution in [3.05, 3.63) is 94.5 Å². The van der Waals surface area contributed by atoms with Crippen molar-refractivity contribution in [3.63, 3.8) is 0 Å². The largest absolute Gasteiger partial charge is 0.478 e. The van der Waals surface area contributed by atoms with Gasteiger partial charge >= 0.3 is 11.9 Å². The molecule has 0 radical (unpaired) electrons. The summed E-state index contributed by atoms with van der Waals surface area (Å²) in [7, 11) is 0. The molecule has 7 heteroatoms. The lowest BCUT2D eigenvalue weighted by atomic mass is 10.2. The molecular weight excluding hydrogens is 380 g/mol. The first kappa shape index (κ1) is 19.3. The summed E-state index contributed by atoms with van der Waals surface area (Å²) in [6.07, 6.45) is 0. The van der Waals surface area contributed by atoms with Crippen molar-refractivity contribution in [3.8, 4) is 5.75 Å². The number of hydrogen-bond acceptors (Lipinski definition) is 5. The molecular formula is C21H15ClN2O4. The van der Waals surface area contributed by atoms with Crippen molar-refractivity contribution in [2.24, 2.45) is 10.2 Å². The summed E-state index contributed by atoms with van der Waals surface area (Å²) in [6.45, 7) is 0.333. The molecule has 1 N–H and O–H groups in total. The quantitative estimate of drug-likeness (QED) is 0.337. The standard InChI is InChI=1S/C21H15ClN2O4/c22-19-4-2-1-3-18(19)21(27)28-17-11-5-14(6-12-17)13-23-24-16-9-7-15(8-10-16)20(25)26/h1-12H,13H2,(H,25,26). The number of carbonyl (C=O) groups excluding carboxylic acids is 1. The van der Waals surface area contributed by atoms with Gasteiger partial charge in [-0.25, -0.2) is 9.59 Å². The van der Waals surface area contributed by atoms with E-state index in [0.29, 0.717) is 28.6 Å². The predicted octanol–water partition coefficient (Wildman–Crippen LogP) is 5.54. The van der Waals surface area contributed by atoms with Crippen LogP contribution in [0, 0.1) is 0 Å². The molecule has 0 fully saturated rings. The van der Waals surface area contributed by atoms with Crippen LogP contribution in [-0.2, 0) is 6.54 Å². The number of benzene rings is 3. The van der Waals surface area contributed by atoms with Gasteiger partial charge in [0.2, 0.25) is 0 Å². The van der Waals surface area contributed by atoms with Crippen LogP contribution in [-0.4, -0.2) is 17.0 Å². The fraction of sp³-hybridized carbons (Fsp3) is 0.0476. The number of carbonyl (C=O) groups is 2. The van der Waals surface area contributed by atoms with E-state index >= 15 is 0 Å². The molecule has 0 spiro atoms. The number of carboxylic acids is 1.